The summed E-state index contributed by atoms with van der Waals surface area (Å²) in [6.45, 7) is 2.04. The molecule has 0 aliphatic heterocycles. The molecule has 2 aromatic carbocycles. The predicted octanol–water partition coefficient (Wildman–Crippen LogP) is 3.41. The van der Waals surface area contributed by atoms with E-state index in [1.54, 1.807) is 11.8 Å². The molecule has 0 saturated carbocycles. The quantitative estimate of drug-likeness (QED) is 0.713. The van der Waals surface area contributed by atoms with Gasteiger partial charge in [0, 0.05) is 29.1 Å². The van der Waals surface area contributed by atoms with Crippen molar-refractivity contribution in [2.45, 2.75) is 29.3 Å². The van der Waals surface area contributed by atoms with Crippen molar-refractivity contribution in [3.8, 4) is 11.3 Å². The minimum atomic E-state index is -0.302. The Labute approximate surface area is 152 Å². The first-order valence-electron chi connectivity index (χ1n) is 8.30. The van der Waals surface area contributed by atoms with Crippen molar-refractivity contribution >= 4 is 11.8 Å². The van der Waals surface area contributed by atoms with Gasteiger partial charge in [0.1, 0.15) is 5.03 Å². The second kappa shape index (κ2) is 7.87. The Morgan fingerprint density at radius 1 is 1.12 bits per heavy atom. The second-order valence-corrected chi connectivity index (χ2v) is 7.25. The SMILES string of the molecule is Cc1ccc(Sc2c(CC(N)CO)c(-c3ccccc3)nn2C)cc1. The summed E-state index contributed by atoms with van der Waals surface area (Å²) >= 11 is 1.68. The summed E-state index contributed by atoms with van der Waals surface area (Å²) in [4.78, 5) is 1.16. The number of benzene rings is 2. The number of aromatic nitrogens is 2. The molecule has 0 radical (unpaired) electrons. The number of aliphatic hydroxyl groups is 1. The lowest BCUT2D eigenvalue weighted by Crippen LogP contribution is -2.27. The average Bonchev–Trinajstić information content (AvgIpc) is 2.93. The van der Waals surface area contributed by atoms with Gasteiger partial charge in [-0.1, -0.05) is 59.8 Å². The van der Waals surface area contributed by atoms with E-state index in [4.69, 9.17) is 10.8 Å². The number of aryl methyl sites for hydroxylation is 2. The summed E-state index contributed by atoms with van der Waals surface area (Å²) in [5.41, 5.74) is 10.4. The first-order chi connectivity index (χ1) is 12.1. The van der Waals surface area contributed by atoms with Gasteiger partial charge in [0.25, 0.3) is 0 Å². The van der Waals surface area contributed by atoms with E-state index in [-0.39, 0.29) is 12.6 Å². The van der Waals surface area contributed by atoms with Crippen LogP contribution in [-0.4, -0.2) is 27.5 Å². The Balaban J connectivity index is 2.04. The van der Waals surface area contributed by atoms with Crippen molar-refractivity contribution in [3.63, 3.8) is 0 Å². The van der Waals surface area contributed by atoms with Crippen molar-refractivity contribution in [1.82, 2.24) is 9.78 Å². The number of nitrogens with two attached hydrogens (primary N) is 1. The Morgan fingerprint density at radius 3 is 2.44 bits per heavy atom. The third-order valence-electron chi connectivity index (χ3n) is 4.07. The van der Waals surface area contributed by atoms with Crippen LogP contribution in [0.2, 0.25) is 0 Å². The van der Waals surface area contributed by atoms with Crippen LogP contribution in [0.1, 0.15) is 11.1 Å². The highest BCUT2D eigenvalue weighted by Crippen LogP contribution is 2.36. The molecule has 5 heteroatoms. The van der Waals surface area contributed by atoms with Crippen LogP contribution in [0.25, 0.3) is 11.3 Å². The number of rotatable bonds is 6. The maximum absolute atomic E-state index is 9.42. The number of nitrogens with zero attached hydrogens (tertiary/aromatic N) is 2. The minimum absolute atomic E-state index is 0.0439. The van der Waals surface area contributed by atoms with Gasteiger partial charge >= 0.3 is 0 Å². The zero-order chi connectivity index (χ0) is 17.8. The van der Waals surface area contributed by atoms with Gasteiger partial charge in [-0.25, -0.2) is 0 Å². The molecule has 1 unspecified atom stereocenters. The molecule has 0 saturated heterocycles. The van der Waals surface area contributed by atoms with E-state index in [0.717, 1.165) is 26.7 Å². The van der Waals surface area contributed by atoms with E-state index in [2.05, 4.69) is 43.3 Å². The molecule has 0 amide bonds. The van der Waals surface area contributed by atoms with E-state index < -0.39 is 0 Å². The lowest BCUT2D eigenvalue weighted by atomic mass is 10.0. The van der Waals surface area contributed by atoms with Crippen LogP contribution >= 0.6 is 11.8 Å². The van der Waals surface area contributed by atoms with Crippen LogP contribution in [0.5, 0.6) is 0 Å². The smallest absolute Gasteiger partial charge is 0.102 e. The normalized spacial score (nSPS) is 12.3. The molecule has 0 spiro atoms. The first kappa shape index (κ1) is 17.7. The minimum Gasteiger partial charge on any atom is -0.395 e. The number of hydrogen-bond acceptors (Lipinski definition) is 4. The summed E-state index contributed by atoms with van der Waals surface area (Å²) in [6, 6.07) is 18.3. The molecular weight excluding hydrogens is 330 g/mol. The van der Waals surface area contributed by atoms with Crippen LogP contribution in [0.15, 0.2) is 64.5 Å². The summed E-state index contributed by atoms with van der Waals surface area (Å²) in [7, 11) is 1.96. The van der Waals surface area contributed by atoms with Gasteiger partial charge < -0.3 is 10.8 Å². The van der Waals surface area contributed by atoms with Gasteiger partial charge in [-0.05, 0) is 25.5 Å². The van der Waals surface area contributed by atoms with Crippen LogP contribution in [0.4, 0.5) is 0 Å². The maximum Gasteiger partial charge on any atom is 0.102 e. The number of aliphatic hydroxyl groups excluding tert-OH is 1. The van der Waals surface area contributed by atoms with Crippen molar-refractivity contribution in [2.24, 2.45) is 12.8 Å². The topological polar surface area (TPSA) is 64.1 Å². The molecule has 1 heterocycles. The molecule has 0 aliphatic rings. The summed E-state index contributed by atoms with van der Waals surface area (Å²) < 4.78 is 1.91. The highest BCUT2D eigenvalue weighted by molar-refractivity contribution is 7.99. The average molecular weight is 353 g/mol. The van der Waals surface area contributed by atoms with E-state index in [0.29, 0.717) is 6.42 Å². The maximum atomic E-state index is 9.42. The van der Waals surface area contributed by atoms with Crippen LogP contribution in [0.3, 0.4) is 0 Å². The number of hydrogen-bond donors (Lipinski definition) is 2. The predicted molar refractivity (Wildman–Crippen MR) is 103 cm³/mol. The van der Waals surface area contributed by atoms with Gasteiger partial charge in [0.2, 0.25) is 0 Å². The Bertz CT molecular complexity index is 828. The fraction of sp³-hybridized carbons (Fsp3) is 0.250. The molecule has 0 fully saturated rings. The molecule has 1 aromatic heterocycles. The Kier molecular flexibility index (Phi) is 5.58. The Morgan fingerprint density at radius 2 is 1.80 bits per heavy atom. The van der Waals surface area contributed by atoms with Crippen molar-refractivity contribution in [3.05, 3.63) is 65.7 Å². The molecule has 3 aromatic rings. The van der Waals surface area contributed by atoms with Gasteiger partial charge in [-0.2, -0.15) is 5.10 Å². The van der Waals surface area contributed by atoms with Crippen LogP contribution < -0.4 is 5.73 Å². The third-order valence-corrected chi connectivity index (χ3v) is 5.28. The van der Waals surface area contributed by atoms with Crippen molar-refractivity contribution < 1.29 is 5.11 Å². The van der Waals surface area contributed by atoms with Gasteiger partial charge in [-0.3, -0.25) is 4.68 Å². The van der Waals surface area contributed by atoms with E-state index in [9.17, 15) is 5.11 Å². The molecule has 1 atom stereocenters. The lowest BCUT2D eigenvalue weighted by molar-refractivity contribution is 0.265. The highest BCUT2D eigenvalue weighted by Gasteiger charge is 2.20. The van der Waals surface area contributed by atoms with Gasteiger partial charge in [0.15, 0.2) is 0 Å². The molecule has 4 nitrogen and oxygen atoms in total. The zero-order valence-corrected chi connectivity index (χ0v) is 15.3. The lowest BCUT2D eigenvalue weighted by Gasteiger charge is -2.11. The molecule has 0 bridgehead atoms. The van der Waals surface area contributed by atoms with Crippen LogP contribution in [-0.2, 0) is 13.5 Å². The molecule has 25 heavy (non-hydrogen) atoms. The van der Waals surface area contributed by atoms with Crippen LogP contribution in [0, 0.1) is 6.92 Å². The monoisotopic (exact) mass is 353 g/mol. The van der Waals surface area contributed by atoms with Crippen molar-refractivity contribution in [2.75, 3.05) is 6.61 Å². The van der Waals surface area contributed by atoms with Gasteiger partial charge in [-0.15, -0.1) is 0 Å². The summed E-state index contributed by atoms with van der Waals surface area (Å²) in [5.74, 6) is 0. The molecule has 0 aliphatic carbocycles. The van der Waals surface area contributed by atoms with E-state index in [1.807, 2.05) is 29.9 Å². The first-order valence-corrected chi connectivity index (χ1v) is 9.12. The summed E-state index contributed by atoms with van der Waals surface area (Å²) in [5, 5.41) is 15.2. The highest BCUT2D eigenvalue weighted by atomic mass is 32.2. The molecular formula is C20H23N3OS. The largest absolute Gasteiger partial charge is 0.395 e. The van der Waals surface area contributed by atoms with E-state index >= 15 is 0 Å². The fourth-order valence-electron chi connectivity index (χ4n) is 2.74. The molecule has 3 N–H and O–H groups in total. The molecule has 130 valence electrons. The van der Waals surface area contributed by atoms with E-state index in [1.165, 1.54) is 5.56 Å². The van der Waals surface area contributed by atoms with Crippen molar-refractivity contribution in [1.29, 1.82) is 0 Å². The second-order valence-electron chi connectivity index (χ2n) is 6.18. The third kappa shape index (κ3) is 4.12. The molecule has 3 rings (SSSR count). The Hall–Kier alpha value is -2.08. The summed E-state index contributed by atoms with van der Waals surface area (Å²) in [6.07, 6.45) is 0.586. The van der Waals surface area contributed by atoms with Gasteiger partial charge in [0.05, 0.1) is 12.3 Å². The fourth-order valence-corrected chi connectivity index (χ4v) is 3.71. The standard InChI is InChI=1S/C20H23N3OS/c1-14-8-10-17(11-9-14)25-20-18(12-16(21)13-24)19(22-23(20)2)15-6-4-3-5-7-15/h3-11,16,24H,12-13,21H2,1-2H3. The zero-order valence-electron chi connectivity index (χ0n) is 14.5.